The van der Waals surface area contributed by atoms with Gasteiger partial charge in [0.05, 0.1) is 10.7 Å². The molecule has 0 saturated carbocycles. The zero-order valence-electron chi connectivity index (χ0n) is 9.15. The number of nitrogen functional groups attached to an aromatic ring is 1. The zero-order valence-corrected chi connectivity index (χ0v) is 9.91. The van der Waals surface area contributed by atoms with Crippen molar-refractivity contribution in [2.45, 2.75) is 0 Å². The Morgan fingerprint density at radius 1 is 1.17 bits per heavy atom. The molecule has 0 amide bonds. The van der Waals surface area contributed by atoms with Gasteiger partial charge in [0.25, 0.3) is 0 Å². The Morgan fingerprint density at radius 2 is 2.00 bits per heavy atom. The quantitative estimate of drug-likeness (QED) is 0.677. The molecule has 2 N–H and O–H groups in total. The number of benzene rings is 2. The maximum Gasteiger partial charge on any atom is 0.227 e. The van der Waals surface area contributed by atoms with Crippen LogP contribution in [-0.2, 0) is 0 Å². The van der Waals surface area contributed by atoms with Crippen molar-refractivity contribution in [3.63, 3.8) is 0 Å². The number of hydrogen-bond donors (Lipinski definition) is 1. The fraction of sp³-hybridized carbons (Fsp3) is 0. The van der Waals surface area contributed by atoms with E-state index in [4.69, 9.17) is 21.8 Å². The first kappa shape index (κ1) is 11.0. The van der Waals surface area contributed by atoms with Crippen LogP contribution in [0.15, 0.2) is 40.8 Å². The lowest BCUT2D eigenvalue weighted by Crippen LogP contribution is -1.87. The van der Waals surface area contributed by atoms with E-state index >= 15 is 0 Å². The molecular weight excluding hydrogens is 255 g/mol. The fourth-order valence-electron chi connectivity index (χ4n) is 1.70. The highest BCUT2D eigenvalue weighted by Crippen LogP contribution is 2.28. The number of halogens is 2. The smallest absolute Gasteiger partial charge is 0.227 e. The number of oxazole rings is 1. The number of anilines is 1. The lowest BCUT2D eigenvalue weighted by atomic mass is 10.2. The molecule has 0 aliphatic heterocycles. The molecule has 0 fully saturated rings. The molecule has 3 rings (SSSR count). The van der Waals surface area contributed by atoms with Gasteiger partial charge in [0.2, 0.25) is 5.89 Å². The SMILES string of the molecule is Nc1cc(-c2nc3cc(F)ccc3o2)ccc1Cl. The van der Waals surface area contributed by atoms with E-state index in [-0.39, 0.29) is 5.82 Å². The van der Waals surface area contributed by atoms with Crippen molar-refractivity contribution in [2.75, 3.05) is 5.73 Å². The molecule has 90 valence electrons. The highest BCUT2D eigenvalue weighted by atomic mass is 35.5. The summed E-state index contributed by atoms with van der Waals surface area (Å²) in [5, 5.41) is 0.473. The standard InChI is InChI=1S/C13H8ClFN2O/c14-9-3-1-7(5-10(9)16)13-17-11-6-8(15)2-4-12(11)18-13/h1-6H,16H2. The minimum atomic E-state index is -0.349. The zero-order chi connectivity index (χ0) is 12.7. The summed E-state index contributed by atoms with van der Waals surface area (Å²) < 4.78 is 18.6. The minimum absolute atomic E-state index is 0.349. The van der Waals surface area contributed by atoms with Gasteiger partial charge in [0, 0.05) is 11.6 Å². The summed E-state index contributed by atoms with van der Waals surface area (Å²) in [5.74, 6) is 0.0388. The van der Waals surface area contributed by atoms with E-state index in [0.29, 0.717) is 33.3 Å². The normalized spacial score (nSPS) is 11.0. The maximum atomic E-state index is 13.0. The van der Waals surface area contributed by atoms with Crippen LogP contribution in [0.3, 0.4) is 0 Å². The average molecular weight is 263 g/mol. The van der Waals surface area contributed by atoms with Crippen LogP contribution in [0.2, 0.25) is 5.02 Å². The highest BCUT2D eigenvalue weighted by molar-refractivity contribution is 6.33. The Morgan fingerprint density at radius 3 is 2.78 bits per heavy atom. The molecule has 0 spiro atoms. The Balaban J connectivity index is 2.16. The van der Waals surface area contributed by atoms with E-state index in [1.165, 1.54) is 12.1 Å². The number of nitrogens with zero attached hydrogens (tertiary/aromatic N) is 1. The topological polar surface area (TPSA) is 52.0 Å². The van der Waals surface area contributed by atoms with Crippen molar-refractivity contribution in [3.05, 3.63) is 47.2 Å². The van der Waals surface area contributed by atoms with E-state index in [9.17, 15) is 4.39 Å². The van der Waals surface area contributed by atoms with Gasteiger partial charge >= 0.3 is 0 Å². The maximum absolute atomic E-state index is 13.0. The number of aromatic nitrogens is 1. The van der Waals surface area contributed by atoms with Crippen LogP contribution < -0.4 is 5.73 Å². The van der Waals surface area contributed by atoms with Gasteiger partial charge in [-0.05, 0) is 30.3 Å². The fourth-order valence-corrected chi connectivity index (χ4v) is 1.82. The Bertz CT molecular complexity index is 739. The van der Waals surface area contributed by atoms with Crippen LogP contribution in [0.4, 0.5) is 10.1 Å². The van der Waals surface area contributed by atoms with Crippen LogP contribution in [0.25, 0.3) is 22.6 Å². The number of rotatable bonds is 1. The van der Waals surface area contributed by atoms with Crippen molar-refractivity contribution in [2.24, 2.45) is 0 Å². The van der Waals surface area contributed by atoms with Gasteiger partial charge in [-0.3, -0.25) is 0 Å². The molecule has 0 bridgehead atoms. The van der Waals surface area contributed by atoms with Crippen molar-refractivity contribution < 1.29 is 8.81 Å². The number of fused-ring (bicyclic) bond motifs is 1. The number of nitrogens with two attached hydrogens (primary N) is 1. The predicted octanol–water partition coefficient (Wildman–Crippen LogP) is 3.87. The van der Waals surface area contributed by atoms with Gasteiger partial charge < -0.3 is 10.2 Å². The Kier molecular flexibility index (Phi) is 2.45. The second-order valence-corrected chi connectivity index (χ2v) is 4.27. The average Bonchev–Trinajstić information content (AvgIpc) is 2.75. The third-order valence-corrected chi connectivity index (χ3v) is 2.94. The summed E-state index contributed by atoms with van der Waals surface area (Å²) in [7, 11) is 0. The van der Waals surface area contributed by atoms with Crippen molar-refractivity contribution >= 4 is 28.4 Å². The predicted molar refractivity (Wildman–Crippen MR) is 68.8 cm³/mol. The highest BCUT2D eigenvalue weighted by Gasteiger charge is 2.10. The lowest BCUT2D eigenvalue weighted by Gasteiger charge is -1.99. The third-order valence-electron chi connectivity index (χ3n) is 2.59. The molecule has 1 heterocycles. The summed E-state index contributed by atoms with van der Waals surface area (Å²) in [6, 6.07) is 9.28. The van der Waals surface area contributed by atoms with Crippen LogP contribution in [0.5, 0.6) is 0 Å². The summed E-state index contributed by atoms with van der Waals surface area (Å²) in [6.45, 7) is 0. The Hall–Kier alpha value is -2.07. The molecule has 0 atom stereocenters. The second-order valence-electron chi connectivity index (χ2n) is 3.87. The van der Waals surface area contributed by atoms with E-state index in [1.54, 1.807) is 24.3 Å². The molecule has 3 aromatic rings. The van der Waals surface area contributed by atoms with E-state index in [1.807, 2.05) is 0 Å². The van der Waals surface area contributed by atoms with Gasteiger partial charge in [-0.1, -0.05) is 11.6 Å². The molecule has 0 aliphatic carbocycles. The van der Waals surface area contributed by atoms with Crippen LogP contribution in [0, 0.1) is 5.82 Å². The molecule has 1 aromatic heterocycles. The summed E-state index contributed by atoms with van der Waals surface area (Å²) in [6.07, 6.45) is 0. The molecular formula is C13H8ClFN2O. The van der Waals surface area contributed by atoms with E-state index < -0.39 is 0 Å². The first-order valence-electron chi connectivity index (χ1n) is 5.25. The van der Waals surface area contributed by atoms with E-state index in [0.717, 1.165) is 0 Å². The van der Waals surface area contributed by atoms with Gasteiger partial charge in [-0.2, -0.15) is 0 Å². The Labute approximate surface area is 107 Å². The van der Waals surface area contributed by atoms with E-state index in [2.05, 4.69) is 4.98 Å². The van der Waals surface area contributed by atoms with Gasteiger partial charge in [-0.25, -0.2) is 9.37 Å². The van der Waals surface area contributed by atoms with Crippen molar-refractivity contribution in [1.29, 1.82) is 0 Å². The molecule has 0 aliphatic rings. The summed E-state index contributed by atoms with van der Waals surface area (Å²) in [5.41, 5.74) is 7.86. The summed E-state index contributed by atoms with van der Waals surface area (Å²) >= 11 is 5.84. The molecule has 2 aromatic carbocycles. The van der Waals surface area contributed by atoms with Gasteiger partial charge in [0.15, 0.2) is 5.58 Å². The molecule has 18 heavy (non-hydrogen) atoms. The van der Waals surface area contributed by atoms with Crippen LogP contribution in [0.1, 0.15) is 0 Å². The second kappa shape index (κ2) is 3.99. The largest absolute Gasteiger partial charge is 0.436 e. The van der Waals surface area contributed by atoms with Crippen LogP contribution in [-0.4, -0.2) is 4.98 Å². The molecule has 0 saturated heterocycles. The number of hydrogen-bond acceptors (Lipinski definition) is 3. The first-order valence-corrected chi connectivity index (χ1v) is 5.63. The third kappa shape index (κ3) is 1.80. The molecule has 3 nitrogen and oxygen atoms in total. The van der Waals surface area contributed by atoms with Crippen LogP contribution >= 0.6 is 11.6 Å². The van der Waals surface area contributed by atoms with Gasteiger partial charge in [0.1, 0.15) is 11.3 Å². The first-order chi connectivity index (χ1) is 8.63. The molecule has 0 radical (unpaired) electrons. The summed E-state index contributed by atoms with van der Waals surface area (Å²) in [4.78, 5) is 4.21. The van der Waals surface area contributed by atoms with Gasteiger partial charge in [-0.15, -0.1) is 0 Å². The monoisotopic (exact) mass is 262 g/mol. The molecule has 0 unspecified atom stereocenters. The molecule has 5 heteroatoms. The minimum Gasteiger partial charge on any atom is -0.436 e. The lowest BCUT2D eigenvalue weighted by molar-refractivity contribution is 0.614. The van der Waals surface area contributed by atoms with Crippen molar-refractivity contribution in [3.8, 4) is 11.5 Å². The van der Waals surface area contributed by atoms with Crippen molar-refractivity contribution in [1.82, 2.24) is 4.98 Å².